The lowest BCUT2D eigenvalue weighted by molar-refractivity contribution is 0.102. The number of nitrogens with one attached hydrogen (secondary N) is 1. The number of benzene rings is 1. The number of thiazole rings is 1. The van der Waals surface area contributed by atoms with Gasteiger partial charge in [0.1, 0.15) is 5.82 Å². The fraction of sp³-hybridized carbons (Fsp3) is 0.429. The molecule has 28 heavy (non-hydrogen) atoms. The molecule has 3 heterocycles. The zero-order valence-electron chi connectivity index (χ0n) is 16.4. The Kier molecular flexibility index (Phi) is 4.79. The number of anilines is 1. The van der Waals surface area contributed by atoms with Crippen LogP contribution >= 0.6 is 11.3 Å². The van der Waals surface area contributed by atoms with E-state index < -0.39 is 0 Å². The van der Waals surface area contributed by atoms with Crippen LogP contribution < -0.4 is 10.9 Å². The van der Waals surface area contributed by atoms with Gasteiger partial charge >= 0.3 is 0 Å². The predicted molar refractivity (Wildman–Crippen MR) is 112 cm³/mol. The third-order valence-electron chi connectivity index (χ3n) is 5.07. The lowest BCUT2D eigenvalue weighted by atomic mass is 9.93. The number of carbonyl (C=O) groups is 1. The number of carbonyl (C=O) groups excluding carboxylic acids is 1. The van der Waals surface area contributed by atoms with E-state index in [2.05, 4.69) is 31.1 Å². The summed E-state index contributed by atoms with van der Waals surface area (Å²) in [6.07, 6.45) is 3.96. The zero-order chi connectivity index (χ0) is 19.9. The van der Waals surface area contributed by atoms with Crippen LogP contribution in [-0.2, 0) is 18.4 Å². The van der Waals surface area contributed by atoms with Crippen molar-refractivity contribution in [2.24, 2.45) is 0 Å². The normalized spacial score (nSPS) is 14.5. The van der Waals surface area contributed by atoms with Gasteiger partial charge in [-0.1, -0.05) is 27.2 Å². The average Bonchev–Trinajstić information content (AvgIpc) is 2.99. The summed E-state index contributed by atoms with van der Waals surface area (Å²) in [4.78, 5) is 34.7. The van der Waals surface area contributed by atoms with Crippen LogP contribution in [0.15, 0.2) is 28.4 Å². The molecule has 1 aliphatic heterocycles. The molecule has 4 rings (SSSR count). The number of hydrogen-bond donors (Lipinski definition) is 1. The molecule has 146 valence electrons. The number of hydrogen-bond acceptors (Lipinski definition) is 5. The number of fused-ring (bicyclic) bond motifs is 2. The maximum Gasteiger partial charge on any atom is 0.261 e. The van der Waals surface area contributed by atoms with Crippen LogP contribution in [0.3, 0.4) is 0 Å². The van der Waals surface area contributed by atoms with Gasteiger partial charge in [0.05, 0.1) is 16.6 Å². The summed E-state index contributed by atoms with van der Waals surface area (Å²) in [5.74, 6) is 0.579. The van der Waals surface area contributed by atoms with E-state index in [-0.39, 0.29) is 16.9 Å². The Morgan fingerprint density at radius 1 is 1.18 bits per heavy atom. The monoisotopic (exact) mass is 396 g/mol. The van der Waals surface area contributed by atoms with E-state index in [1.54, 1.807) is 22.8 Å². The van der Waals surface area contributed by atoms with Crippen molar-refractivity contribution in [2.45, 2.75) is 58.4 Å². The van der Waals surface area contributed by atoms with Crippen LogP contribution in [0.2, 0.25) is 0 Å². The number of rotatable bonds is 2. The Morgan fingerprint density at radius 2 is 2.00 bits per heavy atom. The van der Waals surface area contributed by atoms with Crippen molar-refractivity contribution in [1.29, 1.82) is 0 Å². The summed E-state index contributed by atoms with van der Waals surface area (Å²) in [6, 6.07) is 5.10. The number of aryl methyl sites for hydroxylation is 1. The molecule has 0 saturated carbocycles. The first-order valence-electron chi connectivity index (χ1n) is 9.64. The highest BCUT2D eigenvalue weighted by Crippen LogP contribution is 2.26. The molecule has 0 spiro atoms. The summed E-state index contributed by atoms with van der Waals surface area (Å²) in [5.41, 5.74) is 1.94. The number of aromatic nitrogens is 3. The van der Waals surface area contributed by atoms with E-state index in [0.29, 0.717) is 21.6 Å². The Morgan fingerprint density at radius 3 is 2.75 bits per heavy atom. The van der Waals surface area contributed by atoms with Gasteiger partial charge in [0.2, 0.25) is 0 Å². The van der Waals surface area contributed by atoms with Gasteiger partial charge in [0.25, 0.3) is 11.5 Å². The van der Waals surface area contributed by atoms with Gasteiger partial charge in [-0.25, -0.2) is 9.97 Å². The van der Waals surface area contributed by atoms with Crippen molar-refractivity contribution < 1.29 is 4.79 Å². The third-order valence-corrected chi connectivity index (χ3v) is 5.83. The minimum Gasteiger partial charge on any atom is -0.298 e. The standard InChI is InChI=1S/C21H24N4O2S/c1-21(2,3)16-12-28-20(23-16)24-18(26)13-8-9-14-15(11-13)22-17-7-5-4-6-10-25(17)19(14)27/h8-9,11-12H,4-7,10H2,1-3H3,(H,23,24,26). The summed E-state index contributed by atoms with van der Waals surface area (Å²) in [7, 11) is 0. The van der Waals surface area contributed by atoms with Gasteiger partial charge in [-0.05, 0) is 31.0 Å². The molecule has 0 bridgehead atoms. The van der Waals surface area contributed by atoms with Crippen molar-refractivity contribution in [2.75, 3.05) is 5.32 Å². The van der Waals surface area contributed by atoms with E-state index >= 15 is 0 Å². The molecule has 0 radical (unpaired) electrons. The smallest absolute Gasteiger partial charge is 0.261 e. The molecule has 6 nitrogen and oxygen atoms in total. The molecule has 3 aromatic rings. The Balaban J connectivity index is 1.65. The van der Waals surface area contributed by atoms with Gasteiger partial charge in [-0.2, -0.15) is 0 Å². The Bertz CT molecular complexity index is 1110. The summed E-state index contributed by atoms with van der Waals surface area (Å²) < 4.78 is 1.79. The lowest BCUT2D eigenvalue weighted by Crippen LogP contribution is -2.24. The Labute approximate surface area is 167 Å². The number of nitrogens with zero attached hydrogens (tertiary/aromatic N) is 3. The third kappa shape index (κ3) is 3.58. The fourth-order valence-electron chi connectivity index (χ4n) is 3.40. The van der Waals surface area contributed by atoms with Crippen molar-refractivity contribution in [3.05, 3.63) is 51.0 Å². The van der Waals surface area contributed by atoms with Crippen molar-refractivity contribution >= 4 is 33.3 Å². The van der Waals surface area contributed by atoms with Gasteiger partial charge in [0.15, 0.2) is 5.13 Å². The first-order chi connectivity index (χ1) is 13.3. The highest BCUT2D eigenvalue weighted by Gasteiger charge is 2.19. The molecule has 0 unspecified atom stereocenters. The molecule has 7 heteroatoms. The van der Waals surface area contributed by atoms with Gasteiger partial charge in [-0.15, -0.1) is 11.3 Å². The zero-order valence-corrected chi connectivity index (χ0v) is 17.2. The molecule has 1 aliphatic rings. The quantitative estimate of drug-likeness (QED) is 0.707. The molecule has 1 amide bonds. The molecular weight excluding hydrogens is 372 g/mol. The summed E-state index contributed by atoms with van der Waals surface area (Å²) >= 11 is 1.41. The van der Waals surface area contributed by atoms with Crippen LogP contribution in [0.4, 0.5) is 5.13 Å². The predicted octanol–water partition coefficient (Wildman–Crippen LogP) is 4.13. The molecular formula is C21H24N4O2S. The highest BCUT2D eigenvalue weighted by atomic mass is 32.1. The van der Waals surface area contributed by atoms with Crippen LogP contribution in [-0.4, -0.2) is 20.4 Å². The molecule has 0 saturated heterocycles. The van der Waals surface area contributed by atoms with E-state index in [9.17, 15) is 9.59 Å². The van der Waals surface area contributed by atoms with Crippen molar-refractivity contribution in [3.63, 3.8) is 0 Å². The van der Waals surface area contributed by atoms with Gasteiger partial charge in [0, 0.05) is 29.3 Å². The maximum absolute atomic E-state index is 12.8. The van der Waals surface area contributed by atoms with Crippen LogP contribution in [0, 0.1) is 0 Å². The van der Waals surface area contributed by atoms with E-state index in [4.69, 9.17) is 4.98 Å². The Hall–Kier alpha value is -2.54. The maximum atomic E-state index is 12.8. The highest BCUT2D eigenvalue weighted by molar-refractivity contribution is 7.14. The summed E-state index contributed by atoms with van der Waals surface area (Å²) in [5, 5.41) is 5.96. The molecule has 0 aliphatic carbocycles. The van der Waals surface area contributed by atoms with Crippen LogP contribution in [0.5, 0.6) is 0 Å². The second-order valence-electron chi connectivity index (χ2n) is 8.27. The molecule has 0 atom stereocenters. The summed E-state index contributed by atoms with van der Waals surface area (Å²) in [6.45, 7) is 6.98. The van der Waals surface area contributed by atoms with E-state index in [1.165, 1.54) is 11.3 Å². The largest absolute Gasteiger partial charge is 0.298 e. The van der Waals surface area contributed by atoms with Crippen molar-refractivity contribution in [1.82, 2.24) is 14.5 Å². The molecule has 2 aromatic heterocycles. The lowest BCUT2D eigenvalue weighted by Gasteiger charge is -2.14. The fourth-order valence-corrected chi connectivity index (χ4v) is 4.34. The average molecular weight is 397 g/mol. The van der Waals surface area contributed by atoms with Gasteiger partial charge < -0.3 is 0 Å². The first-order valence-corrected chi connectivity index (χ1v) is 10.5. The van der Waals surface area contributed by atoms with Crippen molar-refractivity contribution in [3.8, 4) is 0 Å². The van der Waals surface area contributed by atoms with Gasteiger partial charge in [-0.3, -0.25) is 19.5 Å². The van der Waals surface area contributed by atoms with E-state index in [0.717, 1.165) is 43.7 Å². The molecule has 0 fully saturated rings. The number of amides is 1. The van der Waals surface area contributed by atoms with E-state index in [1.807, 2.05) is 5.38 Å². The van der Waals surface area contributed by atoms with Crippen LogP contribution in [0.25, 0.3) is 10.9 Å². The minimum absolute atomic E-state index is 0.0106. The topological polar surface area (TPSA) is 76.9 Å². The second-order valence-corrected chi connectivity index (χ2v) is 9.13. The molecule has 1 aromatic carbocycles. The second kappa shape index (κ2) is 7.13. The molecule has 1 N–H and O–H groups in total. The minimum atomic E-state index is -0.242. The van der Waals surface area contributed by atoms with Crippen LogP contribution in [0.1, 0.15) is 61.9 Å². The SMILES string of the molecule is CC(C)(C)c1csc(NC(=O)c2ccc3c(=O)n4c(nc3c2)CCCCC4)n1. The first kappa shape index (κ1) is 18.8.